The Morgan fingerprint density at radius 2 is 1.82 bits per heavy atom. The molecular weight excluding hydrogens is 394 g/mol. The molecule has 1 saturated heterocycles. The largest absolute Gasteiger partial charge is 0.480 e. The minimum absolute atomic E-state index is 0.140. The van der Waals surface area contributed by atoms with Crippen LogP contribution in [0, 0.1) is 0 Å². The topological polar surface area (TPSA) is 66.8 Å². The highest BCUT2D eigenvalue weighted by atomic mass is 32.2. The number of ether oxygens (including phenoxy) is 1. The molecule has 28 heavy (non-hydrogen) atoms. The summed E-state index contributed by atoms with van der Waals surface area (Å²) in [5.41, 5.74) is 0.207. The van der Waals surface area contributed by atoms with Crippen LogP contribution in [0.3, 0.4) is 0 Å². The number of Topliss-reactive ketones (excluding diaryl/α,β-unsaturated/α-hetero) is 1. The number of hydrogen-bond acceptors (Lipinski definition) is 6. The van der Waals surface area contributed by atoms with Crippen molar-refractivity contribution in [3.05, 3.63) is 29.8 Å². The maximum absolute atomic E-state index is 13.0. The highest BCUT2D eigenvalue weighted by Gasteiger charge is 2.35. The van der Waals surface area contributed by atoms with Crippen molar-refractivity contribution in [3.63, 3.8) is 0 Å². The molecule has 0 amide bonds. The van der Waals surface area contributed by atoms with Crippen molar-refractivity contribution in [3.8, 4) is 0 Å². The second kappa shape index (κ2) is 11.2. The Balaban J connectivity index is 1.80. The molecule has 0 aromatic heterocycles. The van der Waals surface area contributed by atoms with Crippen LogP contribution < -0.4 is 0 Å². The van der Waals surface area contributed by atoms with Crippen LogP contribution in [0.2, 0.25) is 0 Å². The summed E-state index contributed by atoms with van der Waals surface area (Å²) in [5, 5.41) is 8.76. The molecule has 0 radical (unpaired) electrons. The SMILES string of the molecule is CCC(SCCCSc1ccc(C(=O)C(C)(C)N2CCOCC2)cc1)C(=O)O. The van der Waals surface area contributed by atoms with Crippen LogP contribution in [0.1, 0.15) is 44.0 Å². The first-order chi connectivity index (χ1) is 13.4. The summed E-state index contributed by atoms with van der Waals surface area (Å²) in [7, 11) is 0. The number of carboxylic acids is 1. The van der Waals surface area contributed by atoms with Gasteiger partial charge in [-0.1, -0.05) is 19.1 Å². The summed E-state index contributed by atoms with van der Waals surface area (Å²) in [5.74, 6) is 1.21. The number of carbonyl (C=O) groups is 2. The van der Waals surface area contributed by atoms with Crippen molar-refractivity contribution in [1.82, 2.24) is 4.90 Å². The fourth-order valence-corrected chi connectivity index (χ4v) is 5.17. The Morgan fingerprint density at radius 1 is 1.18 bits per heavy atom. The molecule has 1 aliphatic heterocycles. The number of morpholine rings is 1. The van der Waals surface area contributed by atoms with Gasteiger partial charge in [0.2, 0.25) is 0 Å². The number of benzene rings is 1. The minimum Gasteiger partial charge on any atom is -0.480 e. The number of carbonyl (C=O) groups excluding carboxylic acids is 1. The molecule has 0 saturated carbocycles. The van der Waals surface area contributed by atoms with Crippen LogP contribution in [0.15, 0.2) is 29.2 Å². The van der Waals surface area contributed by atoms with E-state index in [2.05, 4.69) is 4.90 Å². The summed E-state index contributed by atoms with van der Waals surface area (Å²) < 4.78 is 5.40. The molecule has 1 heterocycles. The quantitative estimate of drug-likeness (QED) is 0.326. The van der Waals surface area contributed by atoms with Crippen molar-refractivity contribution >= 4 is 35.3 Å². The van der Waals surface area contributed by atoms with Gasteiger partial charge in [0.25, 0.3) is 0 Å². The summed E-state index contributed by atoms with van der Waals surface area (Å²) in [6.07, 6.45) is 1.62. The molecule has 1 aliphatic rings. The Bertz CT molecular complexity index is 642. The summed E-state index contributed by atoms with van der Waals surface area (Å²) in [6, 6.07) is 7.84. The lowest BCUT2D eigenvalue weighted by molar-refractivity contribution is -0.136. The molecule has 1 aromatic carbocycles. The lowest BCUT2D eigenvalue weighted by Crippen LogP contribution is -2.54. The second-order valence-corrected chi connectivity index (χ2v) is 9.80. The Labute approximate surface area is 176 Å². The average molecular weight is 426 g/mol. The molecule has 0 spiro atoms. The zero-order chi connectivity index (χ0) is 20.6. The number of nitrogens with zero attached hydrogens (tertiary/aromatic N) is 1. The highest BCUT2D eigenvalue weighted by Crippen LogP contribution is 2.25. The van der Waals surface area contributed by atoms with Gasteiger partial charge in [-0.05, 0) is 50.3 Å². The number of thioether (sulfide) groups is 2. The third-order valence-electron chi connectivity index (χ3n) is 5.00. The van der Waals surface area contributed by atoms with Crippen LogP contribution in [-0.4, -0.2) is 70.4 Å². The Kier molecular flexibility index (Phi) is 9.34. The number of hydrogen-bond donors (Lipinski definition) is 1. The van der Waals surface area contributed by atoms with E-state index in [1.807, 2.05) is 45.0 Å². The lowest BCUT2D eigenvalue weighted by Gasteiger charge is -2.39. The highest BCUT2D eigenvalue weighted by molar-refractivity contribution is 8.01. The molecule has 156 valence electrons. The van der Waals surface area contributed by atoms with Crippen LogP contribution >= 0.6 is 23.5 Å². The maximum atomic E-state index is 13.0. The lowest BCUT2D eigenvalue weighted by atomic mass is 9.91. The molecule has 1 unspecified atom stereocenters. The number of rotatable bonds is 11. The van der Waals surface area contributed by atoms with Crippen LogP contribution in [-0.2, 0) is 9.53 Å². The van der Waals surface area contributed by atoms with Crippen LogP contribution in [0.4, 0.5) is 0 Å². The zero-order valence-electron chi connectivity index (χ0n) is 17.0. The van der Waals surface area contributed by atoms with E-state index in [0.717, 1.165) is 41.5 Å². The van der Waals surface area contributed by atoms with Crippen LogP contribution in [0.25, 0.3) is 0 Å². The molecule has 1 N–H and O–H groups in total. The van der Waals surface area contributed by atoms with Gasteiger partial charge in [-0.3, -0.25) is 14.5 Å². The molecule has 1 atom stereocenters. The van der Waals surface area contributed by atoms with Crippen molar-refractivity contribution < 1.29 is 19.4 Å². The molecule has 1 fully saturated rings. The van der Waals surface area contributed by atoms with Crippen molar-refractivity contribution in [2.24, 2.45) is 0 Å². The first kappa shape index (κ1) is 23.3. The predicted molar refractivity (Wildman–Crippen MR) is 117 cm³/mol. The van der Waals surface area contributed by atoms with E-state index in [0.29, 0.717) is 19.6 Å². The molecule has 5 nitrogen and oxygen atoms in total. The van der Waals surface area contributed by atoms with Gasteiger partial charge in [0.1, 0.15) is 5.25 Å². The van der Waals surface area contributed by atoms with Crippen LogP contribution in [0.5, 0.6) is 0 Å². The monoisotopic (exact) mass is 425 g/mol. The molecule has 2 rings (SSSR count). The molecule has 7 heteroatoms. The first-order valence-electron chi connectivity index (χ1n) is 9.81. The third-order valence-corrected chi connectivity index (χ3v) is 7.56. The number of aliphatic carboxylic acids is 1. The van der Waals surface area contributed by atoms with Gasteiger partial charge in [-0.25, -0.2) is 0 Å². The smallest absolute Gasteiger partial charge is 0.316 e. The van der Waals surface area contributed by atoms with Crippen molar-refractivity contribution in [1.29, 1.82) is 0 Å². The summed E-state index contributed by atoms with van der Waals surface area (Å²) in [4.78, 5) is 27.3. The second-order valence-electron chi connectivity index (χ2n) is 7.32. The van der Waals surface area contributed by atoms with Gasteiger partial charge < -0.3 is 9.84 Å². The summed E-state index contributed by atoms with van der Waals surface area (Å²) >= 11 is 3.26. The fraction of sp³-hybridized carbons (Fsp3) is 0.619. The van der Waals surface area contributed by atoms with E-state index in [1.54, 1.807) is 11.8 Å². The summed E-state index contributed by atoms with van der Waals surface area (Å²) in [6.45, 7) is 8.80. The van der Waals surface area contributed by atoms with Crippen molar-refractivity contribution in [2.75, 3.05) is 37.8 Å². The van der Waals surface area contributed by atoms with Gasteiger partial charge in [0, 0.05) is 23.5 Å². The molecule has 1 aromatic rings. The van der Waals surface area contributed by atoms with Gasteiger partial charge >= 0.3 is 5.97 Å². The van der Waals surface area contributed by atoms with E-state index in [-0.39, 0.29) is 11.0 Å². The van der Waals surface area contributed by atoms with Gasteiger partial charge in [-0.15, -0.1) is 23.5 Å². The first-order valence-corrected chi connectivity index (χ1v) is 11.8. The van der Waals surface area contributed by atoms with Gasteiger partial charge in [0.15, 0.2) is 5.78 Å². The zero-order valence-corrected chi connectivity index (χ0v) is 18.6. The van der Waals surface area contributed by atoms with E-state index in [9.17, 15) is 9.59 Å². The fourth-order valence-electron chi connectivity index (χ4n) is 3.16. The molecular formula is C21H31NO4S2. The Hall–Kier alpha value is -1.02. The standard InChI is InChI=1S/C21H31NO4S2/c1-4-18(20(24)25)28-15-5-14-27-17-8-6-16(7-9-17)19(23)21(2,3)22-10-12-26-13-11-22/h6-9,18H,4-5,10-15H2,1-3H3,(H,24,25). The van der Waals surface area contributed by atoms with E-state index >= 15 is 0 Å². The van der Waals surface area contributed by atoms with Crippen molar-refractivity contribution in [2.45, 2.75) is 49.3 Å². The minimum atomic E-state index is -0.722. The van der Waals surface area contributed by atoms with Gasteiger partial charge in [0.05, 0.1) is 18.8 Å². The maximum Gasteiger partial charge on any atom is 0.316 e. The average Bonchev–Trinajstić information content (AvgIpc) is 2.71. The molecule has 0 bridgehead atoms. The number of carboxylic acid groups (broad SMARTS) is 1. The van der Waals surface area contributed by atoms with E-state index in [4.69, 9.17) is 9.84 Å². The Morgan fingerprint density at radius 3 is 2.39 bits per heavy atom. The normalized spacial score (nSPS) is 16.7. The predicted octanol–water partition coefficient (Wildman–Crippen LogP) is 4.06. The number of ketones is 1. The van der Waals surface area contributed by atoms with Gasteiger partial charge in [-0.2, -0.15) is 0 Å². The molecule has 0 aliphatic carbocycles. The van der Waals surface area contributed by atoms with E-state index < -0.39 is 11.5 Å². The van der Waals surface area contributed by atoms with E-state index in [1.165, 1.54) is 11.8 Å². The third kappa shape index (κ3) is 6.51.